The molecule has 0 spiro atoms. The third-order valence-electron chi connectivity index (χ3n) is 3.15. The molecule has 0 radical (unpaired) electrons. The Bertz CT molecular complexity index is 494. The second-order valence-electron chi connectivity index (χ2n) is 6.51. The molecule has 1 unspecified atom stereocenters. The molecule has 3 nitrogen and oxygen atoms in total. The fourth-order valence-electron chi connectivity index (χ4n) is 1.80. The van der Waals surface area contributed by atoms with E-state index in [-0.39, 0.29) is 11.9 Å². The molecule has 0 aromatic heterocycles. The summed E-state index contributed by atoms with van der Waals surface area (Å²) in [7, 11) is -1.15. The van der Waals surface area contributed by atoms with Crippen molar-refractivity contribution in [3.05, 3.63) is 35.4 Å². The summed E-state index contributed by atoms with van der Waals surface area (Å²) in [5, 5.41) is 6.31. The third kappa shape index (κ3) is 6.40. The van der Waals surface area contributed by atoms with Gasteiger partial charge in [-0.1, -0.05) is 63.0 Å². The van der Waals surface area contributed by atoms with Gasteiger partial charge in [0.15, 0.2) is 0 Å². The minimum atomic E-state index is -1.15. The summed E-state index contributed by atoms with van der Waals surface area (Å²) in [5.74, 6) is 0.0684. The van der Waals surface area contributed by atoms with E-state index < -0.39 is 8.07 Å². The summed E-state index contributed by atoms with van der Waals surface area (Å²) in [6.07, 6.45) is 1.49. The van der Waals surface area contributed by atoms with Gasteiger partial charge in [-0.3, -0.25) is 4.79 Å². The molecule has 21 heavy (non-hydrogen) atoms. The van der Waals surface area contributed by atoms with Gasteiger partial charge in [-0.05, 0) is 12.5 Å². The molecule has 0 heterocycles. The molecule has 1 aromatic rings. The molecule has 0 bridgehead atoms. The van der Waals surface area contributed by atoms with Crippen LogP contribution in [0.25, 0.3) is 0 Å². The van der Waals surface area contributed by atoms with Crippen LogP contribution in [0.4, 0.5) is 0 Å². The highest BCUT2D eigenvalue weighted by atomic mass is 32.1. The minimum Gasteiger partial charge on any atom is -0.379 e. The number of carbonyl (C=O) groups excluding carboxylic acids is 1. The molecule has 116 valence electrons. The first-order valence-corrected chi connectivity index (χ1v) is 11.5. The summed E-state index contributed by atoms with van der Waals surface area (Å²) in [6, 6.07) is 8.11. The van der Waals surface area contributed by atoms with E-state index in [1.807, 2.05) is 38.1 Å². The maximum absolute atomic E-state index is 11.4. The van der Waals surface area contributed by atoms with E-state index in [9.17, 15) is 4.79 Å². The molecule has 0 aliphatic heterocycles. The Hall–Kier alpha value is -1.20. The Morgan fingerprint density at radius 3 is 2.29 bits per heavy atom. The zero-order chi connectivity index (χ0) is 16.0. The molecule has 0 saturated carbocycles. The van der Waals surface area contributed by atoms with Gasteiger partial charge in [0.05, 0.1) is 14.1 Å². The van der Waals surface area contributed by atoms with Crippen LogP contribution >= 0.6 is 12.2 Å². The second kappa shape index (κ2) is 7.71. The molecule has 1 atom stereocenters. The van der Waals surface area contributed by atoms with Crippen LogP contribution in [-0.4, -0.2) is 25.1 Å². The Kier molecular flexibility index (Phi) is 6.55. The van der Waals surface area contributed by atoms with Crippen LogP contribution in [0.2, 0.25) is 19.6 Å². The fraction of sp³-hybridized carbons (Fsp3) is 0.500. The topological polar surface area (TPSA) is 41.1 Å². The Balaban J connectivity index is 2.65. The van der Waals surface area contributed by atoms with Crippen molar-refractivity contribution >= 4 is 31.2 Å². The lowest BCUT2D eigenvalue weighted by Crippen LogP contribution is -2.39. The summed E-state index contributed by atoms with van der Waals surface area (Å²) in [4.78, 5) is 12.2. The Labute approximate surface area is 134 Å². The lowest BCUT2D eigenvalue weighted by Gasteiger charge is -2.18. The summed E-state index contributed by atoms with van der Waals surface area (Å²) in [6.45, 7) is 10.8. The number of benzene rings is 1. The van der Waals surface area contributed by atoms with Crippen LogP contribution in [0.5, 0.6) is 0 Å². The van der Waals surface area contributed by atoms with E-state index in [1.54, 1.807) is 0 Å². The van der Waals surface area contributed by atoms with Gasteiger partial charge < -0.3 is 10.6 Å². The molecule has 0 aliphatic rings. The van der Waals surface area contributed by atoms with Crippen molar-refractivity contribution in [3.63, 3.8) is 0 Å². The minimum absolute atomic E-state index is 0.0232. The molecule has 0 fully saturated rings. The van der Waals surface area contributed by atoms with Crippen LogP contribution in [0, 0.1) is 0 Å². The molecule has 2 N–H and O–H groups in total. The Morgan fingerprint density at radius 1 is 1.24 bits per heavy atom. The second-order valence-corrected chi connectivity index (χ2v) is 12.4. The van der Waals surface area contributed by atoms with E-state index in [0.717, 1.165) is 22.3 Å². The van der Waals surface area contributed by atoms with Crippen LogP contribution in [0.3, 0.4) is 0 Å². The highest BCUT2D eigenvalue weighted by Crippen LogP contribution is 2.14. The van der Waals surface area contributed by atoms with E-state index in [1.165, 1.54) is 0 Å². The van der Waals surface area contributed by atoms with Gasteiger partial charge in [-0.15, -0.1) is 0 Å². The number of thiocarbonyl (C=S) groups is 1. The third-order valence-corrected chi connectivity index (χ3v) is 4.77. The number of nitrogens with one attached hydrogen (secondary N) is 2. The van der Waals surface area contributed by atoms with E-state index >= 15 is 0 Å². The van der Waals surface area contributed by atoms with Crippen molar-refractivity contribution in [2.75, 3.05) is 6.17 Å². The SMILES string of the molecule is CCC(=O)NC(C)c1ccc(C(=S)NC[Si](C)(C)C)cc1. The van der Waals surface area contributed by atoms with Crippen LogP contribution in [0.15, 0.2) is 24.3 Å². The summed E-state index contributed by atoms with van der Waals surface area (Å²) in [5.41, 5.74) is 2.12. The first kappa shape index (κ1) is 17.8. The van der Waals surface area contributed by atoms with Crippen molar-refractivity contribution in [2.24, 2.45) is 0 Å². The maximum Gasteiger partial charge on any atom is 0.220 e. The van der Waals surface area contributed by atoms with E-state index in [2.05, 4.69) is 30.3 Å². The molecule has 1 aromatic carbocycles. The van der Waals surface area contributed by atoms with Gasteiger partial charge in [0.1, 0.15) is 4.99 Å². The number of amides is 1. The quantitative estimate of drug-likeness (QED) is 0.623. The van der Waals surface area contributed by atoms with Gasteiger partial charge in [-0.25, -0.2) is 0 Å². The predicted octanol–water partition coefficient (Wildman–Crippen LogP) is 3.42. The number of rotatable bonds is 6. The monoisotopic (exact) mass is 322 g/mol. The Morgan fingerprint density at radius 2 is 1.81 bits per heavy atom. The van der Waals surface area contributed by atoms with Crippen molar-refractivity contribution < 1.29 is 4.79 Å². The highest BCUT2D eigenvalue weighted by Gasteiger charge is 2.14. The van der Waals surface area contributed by atoms with Gasteiger partial charge in [0.2, 0.25) is 5.91 Å². The number of carbonyl (C=O) groups is 1. The maximum atomic E-state index is 11.4. The standard InChI is InChI=1S/C16H26N2OSSi/c1-6-15(19)18-12(2)13-7-9-14(10-8-13)16(20)17-11-21(3,4)5/h7-10,12H,6,11H2,1-5H3,(H,17,20)(H,18,19). The number of hydrogen-bond acceptors (Lipinski definition) is 2. The van der Waals surface area contributed by atoms with E-state index in [4.69, 9.17) is 12.2 Å². The van der Waals surface area contributed by atoms with Gasteiger partial charge in [0.25, 0.3) is 0 Å². The molecule has 1 amide bonds. The van der Waals surface area contributed by atoms with Crippen molar-refractivity contribution in [1.82, 2.24) is 10.6 Å². The smallest absolute Gasteiger partial charge is 0.220 e. The largest absolute Gasteiger partial charge is 0.379 e. The highest BCUT2D eigenvalue weighted by molar-refractivity contribution is 7.80. The van der Waals surface area contributed by atoms with Gasteiger partial charge in [0, 0.05) is 18.2 Å². The average molecular weight is 323 g/mol. The van der Waals surface area contributed by atoms with Crippen LogP contribution < -0.4 is 10.6 Å². The van der Waals surface area contributed by atoms with Crippen molar-refractivity contribution in [2.45, 2.75) is 46.0 Å². The van der Waals surface area contributed by atoms with Crippen molar-refractivity contribution in [1.29, 1.82) is 0 Å². The van der Waals surface area contributed by atoms with Gasteiger partial charge in [-0.2, -0.15) is 0 Å². The molecule has 5 heteroatoms. The van der Waals surface area contributed by atoms with Crippen molar-refractivity contribution in [3.8, 4) is 0 Å². The first-order valence-electron chi connectivity index (χ1n) is 7.40. The van der Waals surface area contributed by atoms with Crippen LogP contribution in [-0.2, 0) is 4.79 Å². The molecular formula is C16H26N2OSSi. The summed E-state index contributed by atoms with van der Waals surface area (Å²) >= 11 is 5.43. The zero-order valence-electron chi connectivity index (χ0n) is 13.6. The number of hydrogen-bond donors (Lipinski definition) is 2. The van der Waals surface area contributed by atoms with Gasteiger partial charge >= 0.3 is 0 Å². The van der Waals surface area contributed by atoms with E-state index in [0.29, 0.717) is 6.42 Å². The molecular weight excluding hydrogens is 296 g/mol. The molecule has 0 aliphatic carbocycles. The zero-order valence-corrected chi connectivity index (χ0v) is 15.4. The average Bonchev–Trinajstić information content (AvgIpc) is 2.43. The normalized spacial score (nSPS) is 12.6. The lowest BCUT2D eigenvalue weighted by molar-refractivity contribution is -0.121. The lowest BCUT2D eigenvalue weighted by atomic mass is 10.1. The summed E-state index contributed by atoms with van der Waals surface area (Å²) < 4.78 is 0. The molecule has 1 rings (SSSR count). The van der Waals surface area contributed by atoms with Crippen LogP contribution in [0.1, 0.15) is 37.4 Å². The fourth-order valence-corrected chi connectivity index (χ4v) is 2.84. The molecule has 0 saturated heterocycles. The first-order chi connectivity index (χ1) is 9.73. The predicted molar refractivity (Wildman–Crippen MR) is 96.3 cm³/mol.